The van der Waals surface area contributed by atoms with Crippen molar-refractivity contribution in [3.05, 3.63) is 60.4 Å². The Morgan fingerprint density at radius 3 is 2.88 bits per heavy atom. The lowest BCUT2D eigenvalue weighted by atomic mass is 10.2. The summed E-state index contributed by atoms with van der Waals surface area (Å²) in [4.78, 5) is 19.6. The average molecular weight is 333 g/mol. The van der Waals surface area contributed by atoms with Gasteiger partial charge in [0.05, 0.1) is 0 Å². The van der Waals surface area contributed by atoms with Gasteiger partial charge in [0.2, 0.25) is 0 Å². The zero-order valence-corrected chi connectivity index (χ0v) is 13.2. The van der Waals surface area contributed by atoms with Gasteiger partial charge in [-0.2, -0.15) is 0 Å². The van der Waals surface area contributed by atoms with Crippen molar-refractivity contribution in [2.75, 3.05) is 10.6 Å². The molecule has 2 aromatic carbocycles. The normalized spacial score (nSPS) is 10.9. The summed E-state index contributed by atoms with van der Waals surface area (Å²) in [6.45, 7) is 0.511. The summed E-state index contributed by atoms with van der Waals surface area (Å²) < 4.78 is 5.89. The van der Waals surface area contributed by atoms with E-state index in [0.29, 0.717) is 23.6 Å². The number of amides is 2. The van der Waals surface area contributed by atoms with Crippen LogP contribution in [0, 0.1) is 0 Å². The van der Waals surface area contributed by atoms with Crippen LogP contribution in [-0.4, -0.2) is 16.0 Å². The molecule has 2 aromatic heterocycles. The second-order valence-electron chi connectivity index (χ2n) is 5.54. The summed E-state index contributed by atoms with van der Waals surface area (Å²) in [6, 6.07) is 14.5. The van der Waals surface area contributed by atoms with Crippen LogP contribution < -0.4 is 16.4 Å². The third-order valence-electron chi connectivity index (χ3n) is 3.81. The van der Waals surface area contributed by atoms with E-state index in [1.807, 2.05) is 42.5 Å². The predicted molar refractivity (Wildman–Crippen MR) is 96.3 cm³/mol. The number of carbonyl (C=O) groups excluding carboxylic acids is 1. The number of aromatic nitrogens is 2. The fourth-order valence-corrected chi connectivity index (χ4v) is 2.74. The molecule has 0 atom stereocenters. The Hall–Kier alpha value is -3.61. The van der Waals surface area contributed by atoms with Gasteiger partial charge in [0.1, 0.15) is 17.4 Å². The highest BCUT2D eigenvalue weighted by Gasteiger charge is 2.12. The third-order valence-corrected chi connectivity index (χ3v) is 3.81. The second kappa shape index (κ2) is 6.12. The Morgan fingerprint density at radius 2 is 2.00 bits per heavy atom. The zero-order chi connectivity index (χ0) is 17.2. The Bertz CT molecular complexity index is 1070. The minimum atomic E-state index is -0.593. The second-order valence-corrected chi connectivity index (χ2v) is 5.54. The van der Waals surface area contributed by atoms with Gasteiger partial charge in [-0.15, -0.1) is 0 Å². The molecule has 0 spiro atoms. The fraction of sp³-hybridized carbons (Fsp3) is 0.0556. The number of benzene rings is 2. The van der Waals surface area contributed by atoms with Crippen molar-refractivity contribution < 1.29 is 9.21 Å². The van der Waals surface area contributed by atoms with E-state index in [9.17, 15) is 4.79 Å². The van der Waals surface area contributed by atoms with Gasteiger partial charge in [0.25, 0.3) is 0 Å². The van der Waals surface area contributed by atoms with Crippen LogP contribution in [0.2, 0.25) is 0 Å². The number of nitrogens with zero attached hydrogens (tertiary/aromatic N) is 2. The molecule has 7 heteroatoms. The van der Waals surface area contributed by atoms with Crippen molar-refractivity contribution in [3.8, 4) is 0 Å². The van der Waals surface area contributed by atoms with E-state index in [0.717, 1.165) is 22.0 Å². The van der Waals surface area contributed by atoms with Crippen LogP contribution in [-0.2, 0) is 6.54 Å². The van der Waals surface area contributed by atoms with Gasteiger partial charge in [-0.05, 0) is 29.8 Å². The molecular weight excluding hydrogens is 318 g/mol. The molecule has 4 N–H and O–H groups in total. The number of urea groups is 1. The molecule has 2 amide bonds. The molecule has 0 fully saturated rings. The van der Waals surface area contributed by atoms with Crippen LogP contribution >= 0.6 is 0 Å². The molecule has 0 aliphatic heterocycles. The number of nitrogens with one attached hydrogen (secondary N) is 2. The van der Waals surface area contributed by atoms with Gasteiger partial charge in [0.15, 0.2) is 11.4 Å². The monoisotopic (exact) mass is 333 g/mol. The minimum absolute atomic E-state index is 0.511. The Kier molecular flexibility index (Phi) is 3.66. The Morgan fingerprint density at radius 1 is 1.12 bits per heavy atom. The number of carbonyl (C=O) groups is 1. The molecule has 0 bridgehead atoms. The van der Waals surface area contributed by atoms with Gasteiger partial charge in [0, 0.05) is 17.6 Å². The average Bonchev–Trinajstić information content (AvgIpc) is 2.99. The number of anilines is 2. The molecule has 0 aliphatic rings. The highest BCUT2D eigenvalue weighted by Crippen LogP contribution is 2.30. The van der Waals surface area contributed by atoms with Crippen LogP contribution in [0.5, 0.6) is 0 Å². The van der Waals surface area contributed by atoms with Gasteiger partial charge in [-0.1, -0.05) is 24.3 Å². The lowest BCUT2D eigenvalue weighted by Crippen LogP contribution is -2.19. The van der Waals surface area contributed by atoms with Gasteiger partial charge >= 0.3 is 6.03 Å². The highest BCUT2D eigenvalue weighted by atomic mass is 16.3. The Balaban J connectivity index is 1.62. The summed E-state index contributed by atoms with van der Waals surface area (Å²) in [5.41, 5.74) is 8.92. The number of hydrogen-bond donors (Lipinski definition) is 3. The van der Waals surface area contributed by atoms with Gasteiger partial charge in [-0.3, -0.25) is 0 Å². The third kappa shape index (κ3) is 2.94. The lowest BCUT2D eigenvalue weighted by molar-refractivity contribution is 0.259. The molecule has 25 heavy (non-hydrogen) atoms. The molecule has 0 unspecified atom stereocenters. The summed E-state index contributed by atoms with van der Waals surface area (Å²) in [6.07, 6.45) is 1.51. The molecule has 0 aliphatic carbocycles. The molecule has 124 valence electrons. The van der Waals surface area contributed by atoms with E-state index in [2.05, 4.69) is 20.6 Å². The molecule has 0 saturated heterocycles. The molecule has 7 nitrogen and oxygen atoms in total. The number of furan rings is 1. The number of para-hydroxylation sites is 1. The molecule has 0 radical (unpaired) electrons. The number of nitrogens with two attached hydrogens (primary N) is 1. The van der Waals surface area contributed by atoms with E-state index >= 15 is 0 Å². The minimum Gasteiger partial charge on any atom is -0.450 e. The van der Waals surface area contributed by atoms with E-state index in [-0.39, 0.29) is 0 Å². The van der Waals surface area contributed by atoms with Crippen molar-refractivity contribution in [1.82, 2.24) is 9.97 Å². The van der Waals surface area contributed by atoms with Crippen LogP contribution in [0.25, 0.3) is 22.1 Å². The molecule has 4 aromatic rings. The van der Waals surface area contributed by atoms with Crippen molar-refractivity contribution in [3.63, 3.8) is 0 Å². The predicted octanol–water partition coefficient (Wildman–Crippen LogP) is 3.48. The van der Waals surface area contributed by atoms with Crippen molar-refractivity contribution >= 4 is 39.6 Å². The number of hydrogen-bond acceptors (Lipinski definition) is 5. The first-order chi connectivity index (χ1) is 12.2. The van der Waals surface area contributed by atoms with Crippen molar-refractivity contribution in [1.29, 1.82) is 0 Å². The first kappa shape index (κ1) is 14.9. The van der Waals surface area contributed by atoms with Crippen LogP contribution in [0.4, 0.5) is 16.3 Å². The SMILES string of the molecule is NC(=O)Nc1cccc(CNc2ncnc3c2oc2ccccc23)c1. The maximum Gasteiger partial charge on any atom is 0.316 e. The maximum atomic E-state index is 11.0. The smallest absolute Gasteiger partial charge is 0.316 e. The first-order valence-corrected chi connectivity index (χ1v) is 7.72. The van der Waals surface area contributed by atoms with Gasteiger partial charge in [-0.25, -0.2) is 14.8 Å². The topological polar surface area (TPSA) is 106 Å². The van der Waals surface area contributed by atoms with E-state index in [1.54, 1.807) is 6.07 Å². The standard InChI is InChI=1S/C18H15N5O2/c19-18(24)23-12-5-3-4-11(8-12)9-20-17-16-15(21-10-22-17)13-6-1-2-7-14(13)25-16/h1-8,10H,9H2,(H3,19,23,24)(H,20,21,22). The zero-order valence-electron chi connectivity index (χ0n) is 13.2. The number of fused-ring (bicyclic) bond motifs is 3. The van der Waals surface area contributed by atoms with Crippen LogP contribution in [0.15, 0.2) is 59.3 Å². The fourth-order valence-electron chi connectivity index (χ4n) is 2.74. The summed E-state index contributed by atoms with van der Waals surface area (Å²) in [5.74, 6) is 0.620. The van der Waals surface area contributed by atoms with Gasteiger partial charge < -0.3 is 20.8 Å². The van der Waals surface area contributed by atoms with E-state index in [4.69, 9.17) is 10.2 Å². The highest BCUT2D eigenvalue weighted by molar-refractivity contribution is 6.05. The van der Waals surface area contributed by atoms with Crippen LogP contribution in [0.3, 0.4) is 0 Å². The quantitative estimate of drug-likeness (QED) is 0.530. The molecular formula is C18H15N5O2. The van der Waals surface area contributed by atoms with Crippen molar-refractivity contribution in [2.45, 2.75) is 6.54 Å². The number of rotatable bonds is 4. The summed E-state index contributed by atoms with van der Waals surface area (Å²) in [7, 11) is 0. The maximum absolute atomic E-state index is 11.0. The van der Waals surface area contributed by atoms with E-state index < -0.39 is 6.03 Å². The van der Waals surface area contributed by atoms with Crippen molar-refractivity contribution in [2.24, 2.45) is 5.73 Å². The Labute approximate surface area is 142 Å². The number of primary amides is 1. The largest absolute Gasteiger partial charge is 0.450 e. The first-order valence-electron chi connectivity index (χ1n) is 7.72. The molecule has 0 saturated carbocycles. The van der Waals surface area contributed by atoms with Crippen LogP contribution in [0.1, 0.15) is 5.56 Å². The summed E-state index contributed by atoms with van der Waals surface area (Å²) in [5, 5.41) is 6.77. The van der Waals surface area contributed by atoms with E-state index in [1.165, 1.54) is 6.33 Å². The molecule has 4 rings (SSSR count). The molecule has 2 heterocycles. The lowest BCUT2D eigenvalue weighted by Gasteiger charge is -2.08. The summed E-state index contributed by atoms with van der Waals surface area (Å²) >= 11 is 0.